The Balaban J connectivity index is 2.39. The zero-order valence-corrected chi connectivity index (χ0v) is 12.6. The van der Waals surface area contributed by atoms with Crippen LogP contribution >= 0.6 is 39.1 Å². The Kier molecular flexibility index (Phi) is 4.36. The number of alkyl halides is 1. The first-order valence-electron chi connectivity index (χ1n) is 5.40. The van der Waals surface area contributed by atoms with Crippen LogP contribution in [0.2, 0.25) is 5.02 Å². The second-order valence-electron chi connectivity index (χ2n) is 3.81. The SMILES string of the molecule is CCc1ccc(C(Cl)c2cc(Cl)c(Br)cc2F)o1. The van der Waals surface area contributed by atoms with Crippen molar-refractivity contribution >= 4 is 39.1 Å². The average molecular weight is 352 g/mol. The highest BCUT2D eigenvalue weighted by atomic mass is 79.9. The van der Waals surface area contributed by atoms with Crippen molar-refractivity contribution in [2.75, 3.05) is 0 Å². The molecule has 0 radical (unpaired) electrons. The van der Waals surface area contributed by atoms with Gasteiger partial charge in [0.05, 0.1) is 5.02 Å². The van der Waals surface area contributed by atoms with E-state index in [-0.39, 0.29) is 0 Å². The van der Waals surface area contributed by atoms with Gasteiger partial charge < -0.3 is 4.42 Å². The van der Waals surface area contributed by atoms with Crippen molar-refractivity contribution in [1.82, 2.24) is 0 Å². The predicted molar refractivity (Wildman–Crippen MR) is 74.9 cm³/mol. The van der Waals surface area contributed by atoms with Crippen LogP contribution in [0.15, 0.2) is 33.2 Å². The van der Waals surface area contributed by atoms with Crippen LogP contribution in [-0.4, -0.2) is 0 Å². The van der Waals surface area contributed by atoms with E-state index in [1.54, 1.807) is 6.07 Å². The minimum atomic E-state index is -0.684. The van der Waals surface area contributed by atoms with Crippen molar-refractivity contribution < 1.29 is 8.81 Å². The quantitative estimate of drug-likeness (QED) is 0.508. The molecule has 1 aromatic carbocycles. The molecular weight excluding hydrogens is 342 g/mol. The Morgan fingerprint density at radius 1 is 1.39 bits per heavy atom. The second-order valence-corrected chi connectivity index (χ2v) is 5.51. The second kappa shape index (κ2) is 5.64. The third-order valence-corrected chi connectivity index (χ3v) is 4.24. The molecule has 0 saturated carbocycles. The third-order valence-electron chi connectivity index (χ3n) is 2.59. The molecule has 96 valence electrons. The molecule has 0 fully saturated rings. The molecule has 5 heteroatoms. The Hall–Kier alpha value is -0.510. The maximum atomic E-state index is 13.8. The first kappa shape index (κ1) is 13.9. The molecule has 18 heavy (non-hydrogen) atoms. The van der Waals surface area contributed by atoms with E-state index in [9.17, 15) is 4.39 Å². The molecule has 1 aromatic heterocycles. The minimum absolute atomic E-state index is 0.307. The smallest absolute Gasteiger partial charge is 0.129 e. The Morgan fingerprint density at radius 3 is 2.72 bits per heavy atom. The van der Waals surface area contributed by atoms with Crippen LogP contribution in [0, 0.1) is 5.82 Å². The van der Waals surface area contributed by atoms with E-state index >= 15 is 0 Å². The van der Waals surface area contributed by atoms with Crippen molar-refractivity contribution in [3.63, 3.8) is 0 Å². The van der Waals surface area contributed by atoms with Gasteiger partial charge in [0.2, 0.25) is 0 Å². The summed E-state index contributed by atoms with van der Waals surface area (Å²) in [6.07, 6.45) is 0.771. The van der Waals surface area contributed by atoms with Gasteiger partial charge in [-0.15, -0.1) is 11.6 Å². The largest absolute Gasteiger partial charge is 0.464 e. The number of benzene rings is 1. The van der Waals surface area contributed by atoms with E-state index in [1.165, 1.54) is 12.1 Å². The van der Waals surface area contributed by atoms with Gasteiger partial charge in [0.25, 0.3) is 0 Å². The van der Waals surface area contributed by atoms with Gasteiger partial charge in [-0.05, 0) is 40.2 Å². The molecule has 1 unspecified atom stereocenters. The minimum Gasteiger partial charge on any atom is -0.464 e. The molecule has 1 nitrogen and oxygen atoms in total. The molecule has 0 aliphatic heterocycles. The maximum Gasteiger partial charge on any atom is 0.129 e. The molecule has 0 saturated heterocycles. The molecule has 1 atom stereocenters. The summed E-state index contributed by atoms with van der Waals surface area (Å²) >= 11 is 15.3. The lowest BCUT2D eigenvalue weighted by Gasteiger charge is -2.10. The molecule has 2 aromatic rings. The highest BCUT2D eigenvalue weighted by Gasteiger charge is 2.20. The number of rotatable bonds is 3. The number of halogens is 4. The average Bonchev–Trinajstić information content (AvgIpc) is 2.81. The van der Waals surface area contributed by atoms with Crippen molar-refractivity contribution in [3.8, 4) is 0 Å². The molecule has 2 rings (SSSR count). The predicted octanol–water partition coefficient (Wildman–Crippen LogP) is 5.73. The van der Waals surface area contributed by atoms with Gasteiger partial charge in [-0.3, -0.25) is 0 Å². The maximum absolute atomic E-state index is 13.8. The standard InChI is InChI=1S/C13H10BrCl2FO/c1-2-7-3-4-12(18-7)13(16)8-5-10(15)9(14)6-11(8)17/h3-6,13H,2H2,1H3. The van der Waals surface area contributed by atoms with E-state index < -0.39 is 11.2 Å². The Morgan fingerprint density at radius 2 is 2.11 bits per heavy atom. The molecule has 0 amide bonds. The van der Waals surface area contributed by atoms with Gasteiger partial charge in [-0.25, -0.2) is 4.39 Å². The molecule has 0 spiro atoms. The van der Waals surface area contributed by atoms with Gasteiger partial charge in [-0.2, -0.15) is 0 Å². The number of aryl methyl sites for hydroxylation is 1. The normalized spacial score (nSPS) is 12.7. The fourth-order valence-corrected chi connectivity index (χ4v) is 2.38. The summed E-state index contributed by atoms with van der Waals surface area (Å²) in [5.41, 5.74) is 0.307. The van der Waals surface area contributed by atoms with Gasteiger partial charge in [-0.1, -0.05) is 18.5 Å². The van der Waals surface area contributed by atoms with Crippen LogP contribution in [0.4, 0.5) is 4.39 Å². The van der Waals surface area contributed by atoms with E-state index in [1.807, 2.05) is 13.0 Å². The fraction of sp³-hybridized carbons (Fsp3) is 0.231. The van der Waals surface area contributed by atoms with Crippen molar-refractivity contribution in [1.29, 1.82) is 0 Å². The lowest BCUT2D eigenvalue weighted by molar-refractivity contribution is 0.471. The van der Waals surface area contributed by atoms with E-state index in [0.717, 1.165) is 12.2 Å². The van der Waals surface area contributed by atoms with Gasteiger partial charge in [0.1, 0.15) is 22.7 Å². The van der Waals surface area contributed by atoms with Crippen molar-refractivity contribution in [3.05, 3.63) is 56.7 Å². The first-order chi connectivity index (χ1) is 8.52. The summed E-state index contributed by atoms with van der Waals surface area (Å²) in [7, 11) is 0. The summed E-state index contributed by atoms with van der Waals surface area (Å²) in [6.45, 7) is 1.98. The fourth-order valence-electron chi connectivity index (χ4n) is 1.61. The van der Waals surface area contributed by atoms with Crippen molar-refractivity contribution in [2.24, 2.45) is 0 Å². The van der Waals surface area contributed by atoms with Crippen LogP contribution in [0.3, 0.4) is 0 Å². The van der Waals surface area contributed by atoms with Crippen LogP contribution in [0.1, 0.15) is 29.4 Å². The van der Waals surface area contributed by atoms with Crippen molar-refractivity contribution in [2.45, 2.75) is 18.7 Å². The van der Waals surface area contributed by atoms with Gasteiger partial charge >= 0.3 is 0 Å². The summed E-state index contributed by atoms with van der Waals surface area (Å²) in [4.78, 5) is 0. The summed E-state index contributed by atoms with van der Waals surface area (Å²) in [6, 6.07) is 6.40. The molecule has 0 N–H and O–H groups in total. The lowest BCUT2D eigenvalue weighted by Crippen LogP contribution is -1.96. The van der Waals surface area contributed by atoms with Gasteiger partial charge in [0.15, 0.2) is 0 Å². The van der Waals surface area contributed by atoms with E-state index in [4.69, 9.17) is 27.6 Å². The van der Waals surface area contributed by atoms with Crippen LogP contribution < -0.4 is 0 Å². The molecule has 1 heterocycles. The monoisotopic (exact) mass is 350 g/mol. The van der Waals surface area contributed by atoms with Crippen LogP contribution in [0.5, 0.6) is 0 Å². The number of hydrogen-bond acceptors (Lipinski definition) is 1. The molecule has 0 aliphatic rings. The van der Waals surface area contributed by atoms with E-state index in [2.05, 4.69) is 15.9 Å². The number of furan rings is 1. The zero-order valence-electron chi connectivity index (χ0n) is 9.51. The Bertz CT molecular complexity index is 568. The van der Waals surface area contributed by atoms with Crippen LogP contribution in [-0.2, 0) is 6.42 Å². The highest BCUT2D eigenvalue weighted by Crippen LogP contribution is 2.35. The molecule has 0 bridgehead atoms. The van der Waals surface area contributed by atoms with Gasteiger partial charge in [0, 0.05) is 16.5 Å². The number of hydrogen-bond donors (Lipinski definition) is 0. The lowest BCUT2D eigenvalue weighted by atomic mass is 10.1. The summed E-state index contributed by atoms with van der Waals surface area (Å²) in [5, 5.41) is -0.268. The van der Waals surface area contributed by atoms with Crippen LogP contribution in [0.25, 0.3) is 0 Å². The Labute approximate surface area is 123 Å². The highest BCUT2D eigenvalue weighted by molar-refractivity contribution is 9.10. The first-order valence-corrected chi connectivity index (χ1v) is 7.00. The third kappa shape index (κ3) is 2.73. The zero-order chi connectivity index (χ0) is 13.3. The summed E-state index contributed by atoms with van der Waals surface area (Å²) in [5.74, 6) is 0.922. The summed E-state index contributed by atoms with van der Waals surface area (Å²) < 4.78 is 19.9. The molecule has 0 aliphatic carbocycles. The molecular formula is C13H10BrCl2FO. The van der Waals surface area contributed by atoms with E-state index in [0.29, 0.717) is 20.8 Å². The topological polar surface area (TPSA) is 13.1 Å².